The summed E-state index contributed by atoms with van der Waals surface area (Å²) in [6, 6.07) is 0.669. The first kappa shape index (κ1) is 9.44. The monoisotopic (exact) mass is 184 g/mol. The minimum absolute atomic E-state index is 0.451. The molecular weight excluding hydrogens is 164 g/mol. The number of likely N-dealkylation sites (tertiary alicyclic amines) is 1. The molecule has 0 aromatic carbocycles. The number of methoxy groups -OCH3 is 1. The van der Waals surface area contributed by atoms with Crippen molar-refractivity contribution in [1.82, 2.24) is 10.2 Å². The highest BCUT2D eigenvalue weighted by Gasteiger charge is 2.26. The Morgan fingerprint density at radius 2 is 2.15 bits per heavy atom. The lowest BCUT2D eigenvalue weighted by molar-refractivity contribution is 0.116. The van der Waals surface area contributed by atoms with Crippen LogP contribution in [-0.4, -0.2) is 50.3 Å². The van der Waals surface area contributed by atoms with Gasteiger partial charge < -0.3 is 15.0 Å². The molecule has 2 fully saturated rings. The fourth-order valence-corrected chi connectivity index (χ4v) is 2.38. The van der Waals surface area contributed by atoms with Gasteiger partial charge in [0.25, 0.3) is 0 Å². The average Bonchev–Trinajstić information content (AvgIpc) is 2.76. The third-order valence-electron chi connectivity index (χ3n) is 3.19. The van der Waals surface area contributed by atoms with Gasteiger partial charge in [0.15, 0.2) is 0 Å². The number of hydrogen-bond donors (Lipinski definition) is 1. The third kappa shape index (κ3) is 2.42. The molecule has 0 radical (unpaired) electrons. The van der Waals surface area contributed by atoms with Crippen molar-refractivity contribution in [2.45, 2.75) is 31.4 Å². The average molecular weight is 184 g/mol. The SMILES string of the molecule is CO[C@H]1CN[C@H](CN2CCCC2)C1. The lowest BCUT2D eigenvalue weighted by atomic mass is 10.2. The van der Waals surface area contributed by atoms with Crippen LogP contribution in [0.15, 0.2) is 0 Å². The largest absolute Gasteiger partial charge is 0.380 e. The van der Waals surface area contributed by atoms with E-state index in [9.17, 15) is 0 Å². The second kappa shape index (κ2) is 4.40. The Morgan fingerprint density at radius 3 is 2.77 bits per heavy atom. The molecule has 0 bridgehead atoms. The first-order valence-electron chi connectivity index (χ1n) is 5.37. The second-order valence-electron chi connectivity index (χ2n) is 4.21. The Bertz CT molecular complexity index is 157. The van der Waals surface area contributed by atoms with Crippen molar-refractivity contribution >= 4 is 0 Å². The van der Waals surface area contributed by atoms with E-state index in [4.69, 9.17) is 4.74 Å². The maximum absolute atomic E-state index is 5.32. The molecule has 3 heteroatoms. The summed E-state index contributed by atoms with van der Waals surface area (Å²) in [7, 11) is 1.81. The molecule has 2 heterocycles. The summed E-state index contributed by atoms with van der Waals surface area (Å²) in [5, 5.41) is 3.52. The van der Waals surface area contributed by atoms with Gasteiger partial charge in [0.1, 0.15) is 0 Å². The van der Waals surface area contributed by atoms with E-state index >= 15 is 0 Å². The molecule has 3 nitrogen and oxygen atoms in total. The highest BCUT2D eigenvalue weighted by molar-refractivity contribution is 4.85. The molecule has 2 rings (SSSR count). The molecule has 0 aliphatic carbocycles. The minimum Gasteiger partial charge on any atom is -0.380 e. The maximum Gasteiger partial charge on any atom is 0.0711 e. The first-order valence-corrected chi connectivity index (χ1v) is 5.37. The van der Waals surface area contributed by atoms with E-state index in [1.807, 2.05) is 7.11 Å². The van der Waals surface area contributed by atoms with E-state index in [-0.39, 0.29) is 0 Å². The van der Waals surface area contributed by atoms with Crippen LogP contribution >= 0.6 is 0 Å². The number of ether oxygens (including phenoxy) is 1. The van der Waals surface area contributed by atoms with Gasteiger partial charge >= 0.3 is 0 Å². The van der Waals surface area contributed by atoms with Crippen LogP contribution in [0.5, 0.6) is 0 Å². The predicted molar refractivity (Wildman–Crippen MR) is 52.9 cm³/mol. The van der Waals surface area contributed by atoms with E-state index in [0.717, 1.165) is 6.54 Å². The van der Waals surface area contributed by atoms with E-state index in [1.165, 1.54) is 38.9 Å². The molecule has 2 atom stereocenters. The highest BCUT2D eigenvalue weighted by atomic mass is 16.5. The maximum atomic E-state index is 5.32. The molecule has 0 aromatic heterocycles. The van der Waals surface area contributed by atoms with Crippen LogP contribution in [0.25, 0.3) is 0 Å². The van der Waals surface area contributed by atoms with Gasteiger partial charge in [0, 0.05) is 26.2 Å². The Kier molecular flexibility index (Phi) is 3.19. The molecule has 2 aliphatic rings. The van der Waals surface area contributed by atoms with Gasteiger partial charge in [-0.1, -0.05) is 0 Å². The van der Waals surface area contributed by atoms with Gasteiger partial charge in [0.2, 0.25) is 0 Å². The van der Waals surface area contributed by atoms with E-state index in [2.05, 4.69) is 10.2 Å². The van der Waals surface area contributed by atoms with Gasteiger partial charge in [-0.15, -0.1) is 0 Å². The van der Waals surface area contributed by atoms with Crippen LogP contribution in [0.2, 0.25) is 0 Å². The number of rotatable bonds is 3. The van der Waals surface area contributed by atoms with Gasteiger partial charge in [-0.25, -0.2) is 0 Å². The van der Waals surface area contributed by atoms with Crippen molar-refractivity contribution in [3.63, 3.8) is 0 Å². The van der Waals surface area contributed by atoms with Crippen molar-refractivity contribution in [1.29, 1.82) is 0 Å². The summed E-state index contributed by atoms with van der Waals surface area (Å²) in [6.45, 7) is 4.86. The van der Waals surface area contributed by atoms with Crippen molar-refractivity contribution in [2.75, 3.05) is 33.3 Å². The smallest absolute Gasteiger partial charge is 0.0711 e. The molecule has 0 saturated carbocycles. The van der Waals surface area contributed by atoms with Crippen LogP contribution in [0.1, 0.15) is 19.3 Å². The zero-order valence-corrected chi connectivity index (χ0v) is 8.46. The van der Waals surface area contributed by atoms with Gasteiger partial charge in [-0.2, -0.15) is 0 Å². The summed E-state index contributed by atoms with van der Waals surface area (Å²) >= 11 is 0. The molecule has 76 valence electrons. The molecule has 1 N–H and O–H groups in total. The van der Waals surface area contributed by atoms with E-state index in [0.29, 0.717) is 12.1 Å². The topological polar surface area (TPSA) is 24.5 Å². The third-order valence-corrected chi connectivity index (χ3v) is 3.19. The Labute approximate surface area is 80.4 Å². The standard InChI is InChI=1S/C10H20N2O/c1-13-10-6-9(11-7-10)8-12-4-2-3-5-12/h9-11H,2-8H2,1H3/t9-,10+/m0/s1. The second-order valence-corrected chi connectivity index (χ2v) is 4.21. The van der Waals surface area contributed by atoms with Gasteiger partial charge in [0.05, 0.1) is 6.10 Å². The number of nitrogens with one attached hydrogen (secondary N) is 1. The van der Waals surface area contributed by atoms with E-state index < -0.39 is 0 Å². The number of nitrogens with zero attached hydrogens (tertiary/aromatic N) is 1. The molecule has 0 aromatic rings. The molecule has 2 saturated heterocycles. The van der Waals surface area contributed by atoms with Crippen LogP contribution in [0, 0.1) is 0 Å². The molecule has 13 heavy (non-hydrogen) atoms. The van der Waals surface area contributed by atoms with Crippen molar-refractivity contribution in [3.05, 3.63) is 0 Å². The molecule has 0 unspecified atom stereocenters. The molecule has 2 aliphatic heterocycles. The Hall–Kier alpha value is -0.120. The fraction of sp³-hybridized carbons (Fsp3) is 1.00. The quantitative estimate of drug-likeness (QED) is 0.689. The van der Waals surface area contributed by atoms with Crippen LogP contribution in [0.4, 0.5) is 0 Å². The lowest BCUT2D eigenvalue weighted by Crippen LogP contribution is -2.35. The van der Waals surface area contributed by atoms with Crippen LogP contribution in [-0.2, 0) is 4.74 Å². The van der Waals surface area contributed by atoms with Gasteiger partial charge in [-0.05, 0) is 32.4 Å². The lowest BCUT2D eigenvalue weighted by Gasteiger charge is -2.19. The van der Waals surface area contributed by atoms with E-state index in [1.54, 1.807) is 0 Å². The zero-order valence-electron chi connectivity index (χ0n) is 8.46. The summed E-state index contributed by atoms with van der Waals surface area (Å²) in [5.41, 5.74) is 0. The summed E-state index contributed by atoms with van der Waals surface area (Å²) in [6.07, 6.45) is 4.42. The zero-order chi connectivity index (χ0) is 9.10. The summed E-state index contributed by atoms with van der Waals surface area (Å²) < 4.78 is 5.32. The van der Waals surface area contributed by atoms with Crippen molar-refractivity contribution < 1.29 is 4.74 Å². The fourth-order valence-electron chi connectivity index (χ4n) is 2.38. The normalized spacial score (nSPS) is 35.8. The first-order chi connectivity index (χ1) is 6.38. The predicted octanol–water partition coefficient (Wildman–Crippen LogP) is 0.459. The number of hydrogen-bond acceptors (Lipinski definition) is 3. The Balaban J connectivity index is 1.70. The van der Waals surface area contributed by atoms with Crippen molar-refractivity contribution in [3.8, 4) is 0 Å². The Morgan fingerprint density at radius 1 is 1.38 bits per heavy atom. The van der Waals surface area contributed by atoms with Crippen LogP contribution in [0.3, 0.4) is 0 Å². The van der Waals surface area contributed by atoms with Crippen LogP contribution < -0.4 is 5.32 Å². The molecular formula is C10H20N2O. The minimum atomic E-state index is 0.451. The highest BCUT2D eigenvalue weighted by Crippen LogP contribution is 2.14. The summed E-state index contributed by atoms with van der Waals surface area (Å²) in [4.78, 5) is 2.57. The van der Waals surface area contributed by atoms with Crippen molar-refractivity contribution in [2.24, 2.45) is 0 Å². The summed E-state index contributed by atoms with van der Waals surface area (Å²) in [5.74, 6) is 0. The molecule has 0 spiro atoms. The molecule has 0 amide bonds. The van der Waals surface area contributed by atoms with Gasteiger partial charge in [-0.3, -0.25) is 0 Å².